The number of unbranched alkanes of at least 4 members (excludes halogenated alkanes) is 2. The van der Waals surface area contributed by atoms with Crippen LogP contribution in [0.4, 0.5) is 0 Å². The summed E-state index contributed by atoms with van der Waals surface area (Å²) in [6, 6.07) is 0. The van der Waals surface area contributed by atoms with Crippen LogP contribution in [0.15, 0.2) is 10.3 Å². The van der Waals surface area contributed by atoms with Crippen molar-refractivity contribution in [1.82, 2.24) is 9.91 Å². The highest BCUT2D eigenvalue weighted by Gasteiger charge is 2.17. The van der Waals surface area contributed by atoms with Gasteiger partial charge < -0.3 is 10.1 Å². The summed E-state index contributed by atoms with van der Waals surface area (Å²) < 4.78 is 0. The van der Waals surface area contributed by atoms with Gasteiger partial charge in [-0.2, -0.15) is 5.10 Å². The molecular weight excluding hydrogens is 192 g/mol. The first-order valence-corrected chi connectivity index (χ1v) is 4.93. The van der Waals surface area contributed by atoms with E-state index in [9.17, 15) is 0 Å². The van der Waals surface area contributed by atoms with Crippen LogP contribution in [0.25, 0.3) is 0 Å². The van der Waals surface area contributed by atoms with Crippen molar-refractivity contribution in [2.24, 2.45) is 10.3 Å². The number of rotatable bonds is 5. The lowest BCUT2D eigenvalue weighted by atomic mass is 10.2. The van der Waals surface area contributed by atoms with Crippen molar-refractivity contribution < 1.29 is 5.21 Å². The molecule has 5 heteroatoms. The average Bonchev–Trinajstić information content (AvgIpc) is 2.55. The fraction of sp³-hybridized carbons (Fsp3) is 0.600. The highest BCUT2D eigenvalue weighted by atomic mass is 16.4. The van der Waals surface area contributed by atoms with Gasteiger partial charge in [0.15, 0.2) is 5.84 Å². The van der Waals surface area contributed by atoms with Crippen molar-refractivity contribution in [3.63, 3.8) is 0 Å². The third-order valence-electron chi connectivity index (χ3n) is 2.17. The number of hydrazone groups is 1. The summed E-state index contributed by atoms with van der Waals surface area (Å²) in [7, 11) is 1.90. The molecule has 0 bridgehead atoms. The van der Waals surface area contributed by atoms with Crippen LogP contribution in [0.2, 0.25) is 0 Å². The molecule has 0 fully saturated rings. The second-order valence-electron chi connectivity index (χ2n) is 3.43. The molecule has 0 spiro atoms. The number of amidine groups is 1. The molecule has 1 N–H and O–H groups in total. The summed E-state index contributed by atoms with van der Waals surface area (Å²) in [5.41, 5.74) is 0. The maximum atomic E-state index is 8.40. The number of terminal acetylenes is 1. The van der Waals surface area contributed by atoms with Crippen LogP contribution in [-0.4, -0.2) is 47.4 Å². The van der Waals surface area contributed by atoms with E-state index in [1.165, 1.54) is 6.21 Å². The summed E-state index contributed by atoms with van der Waals surface area (Å²) in [5.74, 6) is 3.29. The first kappa shape index (κ1) is 11.4. The summed E-state index contributed by atoms with van der Waals surface area (Å²) in [4.78, 5) is 1.92. The zero-order valence-corrected chi connectivity index (χ0v) is 8.93. The molecule has 1 aliphatic heterocycles. The molecule has 0 saturated heterocycles. The Morgan fingerprint density at radius 2 is 2.47 bits per heavy atom. The molecule has 1 rings (SSSR count). The number of hydrogen-bond donors (Lipinski definition) is 1. The normalized spacial score (nSPS) is 15.9. The maximum absolute atomic E-state index is 8.40. The molecule has 0 amide bonds. The van der Waals surface area contributed by atoms with E-state index in [0.29, 0.717) is 5.84 Å². The molecule has 5 nitrogen and oxygen atoms in total. The topological polar surface area (TPSA) is 51.4 Å². The van der Waals surface area contributed by atoms with Crippen LogP contribution in [0.3, 0.4) is 0 Å². The van der Waals surface area contributed by atoms with Gasteiger partial charge in [-0.25, -0.2) is 0 Å². The molecular formula is C10H16N4O. The van der Waals surface area contributed by atoms with Crippen LogP contribution >= 0.6 is 0 Å². The van der Waals surface area contributed by atoms with E-state index < -0.39 is 0 Å². The largest absolute Gasteiger partial charge is 0.411 e. The van der Waals surface area contributed by atoms with Crippen LogP contribution in [0.1, 0.15) is 19.3 Å². The third-order valence-corrected chi connectivity index (χ3v) is 2.17. The first-order chi connectivity index (χ1) is 7.27. The Bertz CT molecular complexity index is 292. The van der Waals surface area contributed by atoms with Gasteiger partial charge in [0, 0.05) is 20.0 Å². The predicted molar refractivity (Wildman–Crippen MR) is 59.7 cm³/mol. The predicted octanol–water partition coefficient (Wildman–Crippen LogP) is 0.768. The van der Waals surface area contributed by atoms with Crippen LogP contribution in [-0.2, 0) is 0 Å². The molecule has 1 aliphatic rings. The summed E-state index contributed by atoms with van der Waals surface area (Å²) in [6.45, 7) is 1.62. The summed E-state index contributed by atoms with van der Waals surface area (Å²) in [6.07, 6.45) is 9.37. The van der Waals surface area contributed by atoms with Crippen molar-refractivity contribution in [3.05, 3.63) is 0 Å². The molecule has 1 heterocycles. The lowest BCUT2D eigenvalue weighted by Gasteiger charge is -2.15. The van der Waals surface area contributed by atoms with E-state index in [0.717, 1.165) is 32.5 Å². The second-order valence-corrected chi connectivity index (χ2v) is 3.43. The molecule has 82 valence electrons. The number of oxime groups is 1. The monoisotopic (exact) mass is 208 g/mol. The van der Waals surface area contributed by atoms with Gasteiger partial charge >= 0.3 is 0 Å². The van der Waals surface area contributed by atoms with Crippen molar-refractivity contribution in [3.8, 4) is 12.3 Å². The minimum absolute atomic E-state index is 0.675. The molecule has 0 radical (unpaired) electrons. The highest BCUT2D eigenvalue weighted by molar-refractivity contribution is 6.29. The Hall–Kier alpha value is -1.70. The molecule has 15 heavy (non-hydrogen) atoms. The molecule has 0 atom stereocenters. The van der Waals surface area contributed by atoms with Gasteiger partial charge in [0.05, 0.1) is 0 Å². The fourth-order valence-corrected chi connectivity index (χ4v) is 1.39. The van der Waals surface area contributed by atoms with E-state index in [1.54, 1.807) is 0 Å². The molecule has 0 aromatic heterocycles. The number of hydrogen-bond acceptors (Lipinski definition) is 5. The maximum Gasteiger partial charge on any atom is 0.171 e. The smallest absolute Gasteiger partial charge is 0.171 e. The van der Waals surface area contributed by atoms with E-state index in [4.69, 9.17) is 11.6 Å². The van der Waals surface area contributed by atoms with Gasteiger partial charge in [-0.1, -0.05) is 5.16 Å². The van der Waals surface area contributed by atoms with Gasteiger partial charge in [-0.15, -0.1) is 12.3 Å². The van der Waals surface area contributed by atoms with Gasteiger partial charge in [0.25, 0.3) is 0 Å². The van der Waals surface area contributed by atoms with Gasteiger partial charge in [0.2, 0.25) is 0 Å². The zero-order valence-electron chi connectivity index (χ0n) is 8.93. The van der Waals surface area contributed by atoms with Gasteiger partial charge in [-0.05, 0) is 12.8 Å². The lowest BCUT2D eigenvalue weighted by Crippen LogP contribution is -2.27. The SMILES string of the molecule is C#CCCCCN1CN(C)C(/C=N\O)=N1. The van der Waals surface area contributed by atoms with Crippen LogP contribution in [0, 0.1) is 12.3 Å². The number of nitrogens with zero attached hydrogens (tertiary/aromatic N) is 4. The average molecular weight is 208 g/mol. The van der Waals surface area contributed by atoms with E-state index >= 15 is 0 Å². The lowest BCUT2D eigenvalue weighted by molar-refractivity contribution is 0.248. The highest BCUT2D eigenvalue weighted by Crippen LogP contribution is 2.06. The first-order valence-electron chi connectivity index (χ1n) is 4.93. The fourth-order valence-electron chi connectivity index (χ4n) is 1.39. The quantitative estimate of drug-likeness (QED) is 0.239. The molecule has 0 aliphatic carbocycles. The standard InChI is InChI=1S/C10H16N4O/c1-3-4-5-6-7-14-9-13(2)10(12-14)8-11-15/h1,8,15H,4-7,9H2,2H3/b11-8-. The molecule has 0 aromatic rings. The minimum Gasteiger partial charge on any atom is -0.411 e. The minimum atomic E-state index is 0.675. The Kier molecular flexibility index (Phi) is 4.48. The van der Waals surface area contributed by atoms with Gasteiger partial charge in [0.1, 0.15) is 12.9 Å². The van der Waals surface area contributed by atoms with E-state index in [-0.39, 0.29) is 0 Å². The summed E-state index contributed by atoms with van der Waals surface area (Å²) in [5, 5.41) is 17.6. The third kappa shape index (κ3) is 3.50. The Labute approximate surface area is 90.0 Å². The Morgan fingerprint density at radius 1 is 1.67 bits per heavy atom. The van der Waals surface area contributed by atoms with Crippen molar-refractivity contribution in [2.75, 3.05) is 20.3 Å². The van der Waals surface area contributed by atoms with E-state index in [1.807, 2.05) is 17.0 Å². The van der Waals surface area contributed by atoms with Gasteiger partial charge in [-0.3, -0.25) is 5.01 Å². The molecule has 0 aromatic carbocycles. The molecule has 0 unspecified atom stereocenters. The second kappa shape index (κ2) is 5.91. The van der Waals surface area contributed by atoms with Crippen molar-refractivity contribution in [1.29, 1.82) is 0 Å². The van der Waals surface area contributed by atoms with E-state index in [2.05, 4.69) is 16.2 Å². The van der Waals surface area contributed by atoms with Crippen molar-refractivity contribution >= 4 is 12.1 Å². The Morgan fingerprint density at radius 3 is 3.13 bits per heavy atom. The zero-order chi connectivity index (χ0) is 11.1. The molecule has 0 saturated carbocycles. The van der Waals surface area contributed by atoms with Crippen LogP contribution in [0.5, 0.6) is 0 Å². The summed E-state index contributed by atoms with van der Waals surface area (Å²) >= 11 is 0. The Balaban J connectivity index is 2.31. The van der Waals surface area contributed by atoms with Crippen molar-refractivity contribution in [2.45, 2.75) is 19.3 Å². The van der Waals surface area contributed by atoms with Crippen LogP contribution < -0.4 is 0 Å².